The van der Waals surface area contributed by atoms with Crippen molar-refractivity contribution in [1.82, 2.24) is 9.88 Å². The zero-order chi connectivity index (χ0) is 12.3. The highest BCUT2D eigenvalue weighted by molar-refractivity contribution is 5.66. The van der Waals surface area contributed by atoms with E-state index in [0.29, 0.717) is 0 Å². The molecular formula is C15H18N2. The van der Waals surface area contributed by atoms with Crippen LogP contribution in [0.1, 0.15) is 11.3 Å². The minimum absolute atomic E-state index is 0.948. The quantitative estimate of drug-likeness (QED) is 0.799. The fourth-order valence-corrected chi connectivity index (χ4v) is 1.91. The van der Waals surface area contributed by atoms with Gasteiger partial charge in [-0.05, 0) is 38.2 Å². The lowest BCUT2D eigenvalue weighted by molar-refractivity contribution is 0.403. The largest absolute Gasteiger partial charge is 0.305 e. The average Bonchev–Trinajstić information content (AvgIpc) is 2.30. The van der Waals surface area contributed by atoms with Crippen LogP contribution < -0.4 is 0 Å². The maximum Gasteiger partial charge on any atom is 0.0373 e. The van der Waals surface area contributed by atoms with Gasteiger partial charge in [-0.1, -0.05) is 30.3 Å². The van der Waals surface area contributed by atoms with Crippen LogP contribution >= 0.6 is 0 Å². The average molecular weight is 226 g/mol. The van der Waals surface area contributed by atoms with Crippen molar-refractivity contribution in [1.29, 1.82) is 0 Å². The van der Waals surface area contributed by atoms with Crippen LogP contribution in [0, 0.1) is 6.92 Å². The predicted molar refractivity (Wildman–Crippen MR) is 71.8 cm³/mol. The summed E-state index contributed by atoms with van der Waals surface area (Å²) < 4.78 is 0. The van der Waals surface area contributed by atoms with Gasteiger partial charge >= 0.3 is 0 Å². The van der Waals surface area contributed by atoms with Gasteiger partial charge in [0.2, 0.25) is 0 Å². The molecular weight excluding hydrogens is 208 g/mol. The van der Waals surface area contributed by atoms with Crippen LogP contribution in [0.15, 0.2) is 42.6 Å². The Hall–Kier alpha value is -1.67. The van der Waals surface area contributed by atoms with Gasteiger partial charge in [0.1, 0.15) is 0 Å². The molecule has 2 rings (SSSR count). The molecule has 0 bridgehead atoms. The van der Waals surface area contributed by atoms with Crippen LogP contribution in [0.5, 0.6) is 0 Å². The number of benzene rings is 1. The number of hydrogen-bond donors (Lipinski definition) is 0. The molecule has 2 heteroatoms. The van der Waals surface area contributed by atoms with E-state index in [1.807, 2.05) is 13.1 Å². The molecule has 0 unspecified atom stereocenters. The lowest BCUT2D eigenvalue weighted by atomic mass is 10.0. The topological polar surface area (TPSA) is 16.1 Å². The normalized spacial score (nSPS) is 10.8. The second-order valence-corrected chi connectivity index (χ2v) is 4.58. The Bertz CT molecular complexity index is 487. The van der Waals surface area contributed by atoms with Crippen molar-refractivity contribution < 1.29 is 0 Å². The maximum absolute atomic E-state index is 4.36. The molecule has 0 N–H and O–H groups in total. The number of aromatic nitrogens is 1. The standard InChI is InChI=1S/C15H18N2/c1-12-8-9-13(10-16-12)15-7-5-4-6-14(15)11-17(2)3/h4-10H,11H2,1-3H3. The highest BCUT2D eigenvalue weighted by Crippen LogP contribution is 2.23. The van der Waals surface area contributed by atoms with Crippen molar-refractivity contribution in [2.24, 2.45) is 0 Å². The van der Waals surface area contributed by atoms with E-state index in [0.717, 1.165) is 12.2 Å². The lowest BCUT2D eigenvalue weighted by Crippen LogP contribution is -2.11. The number of nitrogens with zero attached hydrogens (tertiary/aromatic N) is 2. The second-order valence-electron chi connectivity index (χ2n) is 4.58. The summed E-state index contributed by atoms with van der Waals surface area (Å²) in [5.41, 5.74) is 4.85. The first kappa shape index (κ1) is 11.8. The zero-order valence-electron chi connectivity index (χ0n) is 10.6. The van der Waals surface area contributed by atoms with Gasteiger partial charge in [0.05, 0.1) is 0 Å². The Kier molecular flexibility index (Phi) is 3.55. The van der Waals surface area contributed by atoms with Crippen molar-refractivity contribution in [3.8, 4) is 11.1 Å². The smallest absolute Gasteiger partial charge is 0.0373 e. The van der Waals surface area contributed by atoms with Gasteiger partial charge in [0, 0.05) is 24.0 Å². The zero-order valence-corrected chi connectivity index (χ0v) is 10.6. The summed E-state index contributed by atoms with van der Waals surface area (Å²) in [6, 6.07) is 12.7. The fraction of sp³-hybridized carbons (Fsp3) is 0.267. The van der Waals surface area contributed by atoms with Gasteiger partial charge in [0.25, 0.3) is 0 Å². The van der Waals surface area contributed by atoms with Crippen molar-refractivity contribution in [3.05, 3.63) is 53.9 Å². The van der Waals surface area contributed by atoms with Crippen LogP contribution in [0.3, 0.4) is 0 Å². The summed E-state index contributed by atoms with van der Waals surface area (Å²) in [6.07, 6.45) is 1.95. The molecule has 0 fully saturated rings. The SMILES string of the molecule is Cc1ccc(-c2ccccc2CN(C)C)cn1. The minimum atomic E-state index is 0.948. The van der Waals surface area contributed by atoms with Crippen molar-refractivity contribution in [2.75, 3.05) is 14.1 Å². The molecule has 1 aromatic heterocycles. The molecule has 0 spiro atoms. The second kappa shape index (κ2) is 5.11. The van der Waals surface area contributed by atoms with E-state index in [2.05, 4.69) is 60.4 Å². The third-order valence-electron chi connectivity index (χ3n) is 2.73. The Labute approximate surface area is 103 Å². The van der Waals surface area contributed by atoms with E-state index in [1.165, 1.54) is 16.7 Å². The molecule has 2 aromatic rings. The lowest BCUT2D eigenvalue weighted by Gasteiger charge is -2.14. The summed E-state index contributed by atoms with van der Waals surface area (Å²) >= 11 is 0. The first-order valence-electron chi connectivity index (χ1n) is 5.82. The molecule has 0 radical (unpaired) electrons. The Morgan fingerprint density at radius 2 is 1.82 bits per heavy atom. The van der Waals surface area contributed by atoms with Crippen molar-refractivity contribution in [3.63, 3.8) is 0 Å². The molecule has 0 amide bonds. The van der Waals surface area contributed by atoms with Gasteiger partial charge in [-0.25, -0.2) is 0 Å². The molecule has 0 saturated carbocycles. The number of hydrogen-bond acceptors (Lipinski definition) is 2. The molecule has 0 atom stereocenters. The Morgan fingerprint density at radius 3 is 2.47 bits per heavy atom. The summed E-state index contributed by atoms with van der Waals surface area (Å²) in [6.45, 7) is 2.96. The van der Waals surface area contributed by atoms with Gasteiger partial charge < -0.3 is 4.90 Å². The number of aryl methyl sites for hydroxylation is 1. The third-order valence-corrected chi connectivity index (χ3v) is 2.73. The molecule has 0 aliphatic rings. The summed E-state index contributed by atoms with van der Waals surface area (Å²) in [5, 5.41) is 0. The van der Waals surface area contributed by atoms with E-state index in [1.54, 1.807) is 0 Å². The molecule has 1 heterocycles. The van der Waals surface area contributed by atoms with Crippen LogP contribution in [-0.2, 0) is 6.54 Å². The maximum atomic E-state index is 4.36. The van der Waals surface area contributed by atoms with Crippen LogP contribution in [-0.4, -0.2) is 24.0 Å². The monoisotopic (exact) mass is 226 g/mol. The molecule has 0 aliphatic carbocycles. The predicted octanol–water partition coefficient (Wildman–Crippen LogP) is 3.12. The molecule has 1 aromatic carbocycles. The van der Waals surface area contributed by atoms with Crippen LogP contribution in [0.2, 0.25) is 0 Å². The Morgan fingerprint density at radius 1 is 1.06 bits per heavy atom. The number of pyridine rings is 1. The van der Waals surface area contributed by atoms with Gasteiger partial charge in [-0.3, -0.25) is 4.98 Å². The van der Waals surface area contributed by atoms with E-state index in [4.69, 9.17) is 0 Å². The summed E-state index contributed by atoms with van der Waals surface area (Å²) in [5.74, 6) is 0. The van der Waals surface area contributed by atoms with E-state index < -0.39 is 0 Å². The summed E-state index contributed by atoms with van der Waals surface area (Å²) in [7, 11) is 4.17. The van der Waals surface area contributed by atoms with Gasteiger partial charge in [-0.2, -0.15) is 0 Å². The fourth-order valence-electron chi connectivity index (χ4n) is 1.91. The van der Waals surface area contributed by atoms with Crippen molar-refractivity contribution >= 4 is 0 Å². The molecule has 0 saturated heterocycles. The molecule has 0 aliphatic heterocycles. The minimum Gasteiger partial charge on any atom is -0.305 e. The van der Waals surface area contributed by atoms with E-state index >= 15 is 0 Å². The van der Waals surface area contributed by atoms with Crippen molar-refractivity contribution in [2.45, 2.75) is 13.5 Å². The number of rotatable bonds is 3. The summed E-state index contributed by atoms with van der Waals surface area (Å²) in [4.78, 5) is 6.54. The van der Waals surface area contributed by atoms with Crippen LogP contribution in [0.25, 0.3) is 11.1 Å². The molecule has 17 heavy (non-hydrogen) atoms. The first-order valence-corrected chi connectivity index (χ1v) is 5.82. The third kappa shape index (κ3) is 2.92. The molecule has 2 nitrogen and oxygen atoms in total. The first-order chi connectivity index (χ1) is 8.16. The molecule has 88 valence electrons. The Balaban J connectivity index is 2.40. The van der Waals surface area contributed by atoms with E-state index in [-0.39, 0.29) is 0 Å². The highest BCUT2D eigenvalue weighted by atomic mass is 15.0. The van der Waals surface area contributed by atoms with Gasteiger partial charge in [0.15, 0.2) is 0 Å². The van der Waals surface area contributed by atoms with E-state index in [9.17, 15) is 0 Å². The van der Waals surface area contributed by atoms with Crippen LogP contribution in [0.4, 0.5) is 0 Å². The highest BCUT2D eigenvalue weighted by Gasteiger charge is 2.05. The van der Waals surface area contributed by atoms with Gasteiger partial charge in [-0.15, -0.1) is 0 Å².